The zero-order valence-corrected chi connectivity index (χ0v) is 46.9. The first-order valence-electron chi connectivity index (χ1n) is 25.0. The molecule has 378 valence electrons. The van der Waals surface area contributed by atoms with E-state index in [2.05, 4.69) is 115 Å². The minimum atomic E-state index is -0.308. The van der Waals surface area contributed by atoms with Crippen LogP contribution >= 0.6 is 0 Å². The van der Waals surface area contributed by atoms with Gasteiger partial charge < -0.3 is 40.6 Å². The Kier molecular flexibility index (Phi) is 11.7. The van der Waals surface area contributed by atoms with Gasteiger partial charge in [-0.1, -0.05) is 53.3 Å². The molecule has 15 rings (SSSR count). The van der Waals surface area contributed by atoms with Crippen LogP contribution in [0.2, 0.25) is 0 Å². The van der Waals surface area contributed by atoms with Crippen LogP contribution in [0.3, 0.4) is 0 Å². The smallest absolute Gasteiger partial charge is 0.214 e. The molecule has 0 fully saturated rings. The number of aromatic nitrogens is 4. The fraction of sp³-hybridized carbons (Fsp3) is 0.0938. The summed E-state index contributed by atoms with van der Waals surface area (Å²) >= 11 is 0. The predicted octanol–water partition coefficient (Wildman–Crippen LogP) is 10.4. The maximum Gasteiger partial charge on any atom is 0.214 e. The molecule has 0 N–H and O–H groups in total. The number of hydrogen-bond acceptors (Lipinski definition) is 7. The van der Waals surface area contributed by atoms with Gasteiger partial charge in [-0.15, -0.1) is 82.2 Å². The van der Waals surface area contributed by atoms with Crippen molar-refractivity contribution >= 4 is 46.2 Å². The second-order valence-corrected chi connectivity index (χ2v) is 20.1. The van der Waals surface area contributed by atoms with Gasteiger partial charge in [0.05, 0.1) is 12.4 Å². The van der Waals surface area contributed by atoms with Crippen molar-refractivity contribution in [2.75, 3.05) is 0 Å². The van der Waals surface area contributed by atoms with Gasteiger partial charge in [0.2, 0.25) is 13.4 Å². The Morgan fingerprint density at radius 2 is 0.818 bits per heavy atom. The van der Waals surface area contributed by atoms with Gasteiger partial charge in [-0.25, -0.2) is 12.1 Å². The Hall–Kier alpha value is -7.83. The molecule has 0 aliphatic carbocycles. The van der Waals surface area contributed by atoms with Crippen molar-refractivity contribution in [2.24, 2.45) is 0 Å². The van der Waals surface area contributed by atoms with E-state index in [4.69, 9.17) is 33.6 Å². The van der Waals surface area contributed by atoms with Crippen molar-refractivity contribution < 1.29 is 65.5 Å². The maximum atomic E-state index is 6.58. The molecule has 9 nitrogen and oxygen atoms in total. The summed E-state index contributed by atoms with van der Waals surface area (Å²) in [5, 5.41) is 9.66. The molecule has 77 heavy (non-hydrogen) atoms. The summed E-state index contributed by atoms with van der Waals surface area (Å²) in [7, 11) is 0. The maximum absolute atomic E-state index is 6.58. The van der Waals surface area contributed by atoms with E-state index in [1.54, 1.807) is 0 Å². The first kappa shape index (κ1) is 48.8. The summed E-state index contributed by atoms with van der Waals surface area (Å²) < 4.78 is 36.3. The Labute approximate surface area is 475 Å². The minimum Gasteiger partial charge on any atom is -0.631 e. The Morgan fingerprint density at radius 1 is 0.429 bits per heavy atom. The van der Waals surface area contributed by atoms with Crippen LogP contribution in [0.25, 0.3) is 56.1 Å². The Balaban J connectivity index is 0.00000283. The number of nitrogens with zero attached hydrogens (tertiary/aromatic N) is 4. The molecule has 13 heteroatoms. The van der Waals surface area contributed by atoms with E-state index in [1.165, 1.54) is 44.5 Å². The molecular weight excluding hydrogens is 1320 g/mol. The van der Waals surface area contributed by atoms with E-state index in [0.717, 1.165) is 83.8 Å². The van der Waals surface area contributed by atoms with Crippen molar-refractivity contribution in [3.63, 3.8) is 0 Å². The van der Waals surface area contributed by atoms with Gasteiger partial charge in [0, 0.05) is 99.6 Å². The number of ether oxygens (including phenoxy) is 4. The van der Waals surface area contributed by atoms with Gasteiger partial charge in [-0.05, 0) is 111 Å². The zero-order valence-electron chi connectivity index (χ0n) is 42.3. The molecule has 0 atom stereocenters. The number of furan rings is 1. The molecule has 0 saturated heterocycles. The number of fused-ring (bicyclic) bond motifs is 8. The van der Waals surface area contributed by atoms with E-state index in [0.29, 0.717) is 39.9 Å². The molecule has 4 aliphatic heterocycles. The summed E-state index contributed by atoms with van der Waals surface area (Å²) in [5.74, 6) is 6.18. The number of rotatable bonds is 6. The van der Waals surface area contributed by atoms with E-state index in [-0.39, 0.29) is 55.6 Å². The fourth-order valence-corrected chi connectivity index (χ4v) is 12.0. The van der Waals surface area contributed by atoms with E-state index < -0.39 is 0 Å². The monoisotopic (exact) mass is 1360 g/mol. The van der Waals surface area contributed by atoms with Crippen LogP contribution in [-0.2, 0) is 42.1 Å². The number of aryl methyl sites for hydroxylation is 6. The van der Waals surface area contributed by atoms with Crippen LogP contribution in [0.1, 0.15) is 33.4 Å². The normalized spacial score (nSPS) is 12.7. The standard InChI is InChI=1S/C64H40B2N4O5.2Pt/c1-35-21-37(3)61(38(4)22-35)44-30-67-69(32-44)46-15-19-54-50(28-46)65-48-25-41(13-17-52(48)72-56-9-7-11-58(74-54)63(56)65)43-27-60(71-34-43)42-14-18-53-49(26-42)66-51-29-47(16-20-55(51)75-59-12-8-10-57(73-53)64(59)66)70-33-45(31-68-70)62-39(5)23-36(2)24-40(62)6;;/h7-24,30-33H,1-6H3;;/q-6;;. The molecule has 3 aromatic heterocycles. The third-order valence-corrected chi connectivity index (χ3v) is 15.0. The number of hydrogen-bond donors (Lipinski definition) is 0. The van der Waals surface area contributed by atoms with Crippen LogP contribution in [0.15, 0.2) is 138 Å². The van der Waals surface area contributed by atoms with Gasteiger partial charge >= 0.3 is 0 Å². The Morgan fingerprint density at radius 3 is 1.26 bits per heavy atom. The molecule has 0 amide bonds. The van der Waals surface area contributed by atoms with Crippen LogP contribution in [-0.4, -0.2) is 33.0 Å². The van der Waals surface area contributed by atoms with Crippen molar-refractivity contribution in [2.45, 2.75) is 41.5 Å². The van der Waals surface area contributed by atoms with Crippen molar-refractivity contribution in [1.29, 1.82) is 0 Å². The third kappa shape index (κ3) is 7.83. The van der Waals surface area contributed by atoms with Crippen LogP contribution in [0, 0.1) is 78.1 Å². The molecule has 0 saturated carbocycles. The molecule has 0 spiro atoms. The van der Waals surface area contributed by atoms with E-state index in [1.807, 2.05) is 107 Å². The van der Waals surface area contributed by atoms with Gasteiger partial charge in [0.1, 0.15) is 23.0 Å². The van der Waals surface area contributed by atoms with Crippen molar-refractivity contribution in [1.82, 2.24) is 19.6 Å². The molecule has 0 unspecified atom stereocenters. The summed E-state index contributed by atoms with van der Waals surface area (Å²) in [4.78, 5) is 0. The van der Waals surface area contributed by atoms with E-state index >= 15 is 0 Å². The molecule has 7 heterocycles. The predicted molar refractivity (Wildman–Crippen MR) is 292 cm³/mol. The van der Waals surface area contributed by atoms with Crippen LogP contribution in [0.5, 0.6) is 46.0 Å². The Bertz CT molecular complexity index is 3930. The molecular formula is C64H40B2N4O5Pt2-6. The third-order valence-electron chi connectivity index (χ3n) is 15.0. The average molecular weight is 1360 g/mol. The second kappa shape index (κ2) is 18.4. The summed E-state index contributed by atoms with van der Waals surface area (Å²) in [6.07, 6.45) is 11.1. The number of benzene rings is 8. The topological polar surface area (TPSA) is 85.7 Å². The van der Waals surface area contributed by atoms with Gasteiger partial charge in [-0.2, -0.15) is 22.3 Å². The SMILES string of the molecule is Cc1cc(C)c(-c2cnn(-c3[c-]c4c(cc3)Oc3cccc5c3B4c3[c-]c(-c4[c-]oc(-c6[c-]c7c(cc6)Oc6cccc8c6B7c6[c-]c(-n7cc(-c9c(C)cc(C)cc9C)cn7)ccc6O8)[c-]4)ccc3O5)c2)c(C)c1.[Pt].[Pt]. The second-order valence-electron chi connectivity index (χ2n) is 20.1. The summed E-state index contributed by atoms with van der Waals surface area (Å²) in [6, 6.07) is 54.9. The van der Waals surface area contributed by atoms with Crippen molar-refractivity contribution in [3.05, 3.63) is 204 Å². The quantitative estimate of drug-likeness (QED) is 0.121. The molecule has 0 bridgehead atoms. The van der Waals surface area contributed by atoms with Gasteiger partial charge in [0.25, 0.3) is 0 Å². The minimum absolute atomic E-state index is 0. The molecule has 8 aromatic carbocycles. The molecule has 11 aromatic rings. The average Bonchev–Trinajstić information content (AvgIpc) is 4.22. The largest absolute Gasteiger partial charge is 0.631 e. The van der Waals surface area contributed by atoms with Crippen molar-refractivity contribution in [3.8, 4) is 102 Å². The molecule has 4 aliphatic rings. The van der Waals surface area contributed by atoms with E-state index in [9.17, 15) is 0 Å². The molecule has 0 radical (unpaired) electrons. The fourth-order valence-electron chi connectivity index (χ4n) is 12.0. The van der Waals surface area contributed by atoms with Crippen LogP contribution < -0.4 is 51.7 Å². The summed E-state index contributed by atoms with van der Waals surface area (Å²) in [5.41, 5.74) is 20.7. The summed E-state index contributed by atoms with van der Waals surface area (Å²) in [6.45, 7) is 12.2. The van der Waals surface area contributed by atoms with Gasteiger partial charge in [0.15, 0.2) is 0 Å². The van der Waals surface area contributed by atoms with Crippen LogP contribution in [0.4, 0.5) is 0 Å². The first-order valence-corrected chi connectivity index (χ1v) is 25.0. The van der Waals surface area contributed by atoms with Gasteiger partial charge in [-0.3, -0.25) is 9.36 Å². The first-order chi connectivity index (χ1) is 36.6. The zero-order chi connectivity index (χ0) is 50.4.